The third-order valence-electron chi connectivity index (χ3n) is 8.47. The predicted molar refractivity (Wildman–Crippen MR) is 190 cm³/mol. The quantitative estimate of drug-likeness (QED) is 0.150. The molecule has 4 aromatic carbocycles. The molecule has 9 rings (SSSR count). The Labute approximate surface area is 302 Å². The number of aryl methyl sites for hydroxylation is 1. The van der Waals surface area contributed by atoms with E-state index in [0.717, 1.165) is 61.4 Å². The first-order valence-corrected chi connectivity index (χ1v) is 15.9. The van der Waals surface area contributed by atoms with Gasteiger partial charge in [-0.3, -0.25) is 4.98 Å². The second-order valence-electron chi connectivity index (χ2n) is 11.6. The average Bonchev–Trinajstić information content (AvgIpc) is 3.89. The van der Waals surface area contributed by atoms with E-state index in [2.05, 4.69) is 76.2 Å². The van der Waals surface area contributed by atoms with Crippen LogP contribution in [-0.2, 0) is 21.1 Å². The van der Waals surface area contributed by atoms with Crippen LogP contribution in [0, 0.1) is 19.1 Å². The number of pyridine rings is 2. The normalized spacial score (nSPS) is 11.1. The van der Waals surface area contributed by atoms with Crippen molar-refractivity contribution in [3.8, 4) is 51.2 Å². The molecule has 8 nitrogen and oxygen atoms in total. The van der Waals surface area contributed by atoms with Gasteiger partial charge in [0, 0.05) is 53.6 Å². The molecule has 0 radical (unpaired) electrons. The minimum atomic E-state index is 0. The number of para-hydroxylation sites is 1. The van der Waals surface area contributed by atoms with Crippen molar-refractivity contribution in [1.29, 1.82) is 0 Å². The Bertz CT molecular complexity index is 2590. The number of rotatable bonds is 7. The van der Waals surface area contributed by atoms with Crippen molar-refractivity contribution in [2.24, 2.45) is 0 Å². The van der Waals surface area contributed by atoms with Crippen LogP contribution in [0.4, 0.5) is 0 Å². The molecule has 0 fully saturated rings. The molecular formula is C41H27N7OPt. The Morgan fingerprint density at radius 2 is 1.54 bits per heavy atom. The maximum atomic E-state index is 6.48. The van der Waals surface area contributed by atoms with Crippen LogP contribution in [0.25, 0.3) is 61.5 Å². The van der Waals surface area contributed by atoms with Gasteiger partial charge in [0.15, 0.2) is 5.82 Å². The molecule has 0 saturated heterocycles. The number of hydrogen-bond acceptors (Lipinski definition) is 5. The molecule has 50 heavy (non-hydrogen) atoms. The van der Waals surface area contributed by atoms with E-state index in [4.69, 9.17) is 14.8 Å². The summed E-state index contributed by atoms with van der Waals surface area (Å²) in [5, 5.41) is 12.0. The van der Waals surface area contributed by atoms with Gasteiger partial charge in [0.05, 0.1) is 5.56 Å². The molecule has 0 amide bonds. The van der Waals surface area contributed by atoms with Crippen molar-refractivity contribution in [3.63, 3.8) is 0 Å². The largest absolute Gasteiger partial charge is 2.00 e. The number of fused-ring (bicyclic) bond motifs is 3. The summed E-state index contributed by atoms with van der Waals surface area (Å²) in [7, 11) is 0. The van der Waals surface area contributed by atoms with E-state index >= 15 is 0 Å². The number of hydrogen-bond donors (Lipinski definition) is 0. The zero-order valence-electron chi connectivity index (χ0n) is 26.7. The summed E-state index contributed by atoms with van der Waals surface area (Å²) in [4.78, 5) is 9.09. The van der Waals surface area contributed by atoms with Gasteiger partial charge in [-0.2, -0.15) is 22.3 Å². The third kappa shape index (κ3) is 5.50. The summed E-state index contributed by atoms with van der Waals surface area (Å²) in [5.74, 6) is 2.69. The second kappa shape index (κ2) is 13.1. The van der Waals surface area contributed by atoms with Gasteiger partial charge < -0.3 is 9.30 Å². The summed E-state index contributed by atoms with van der Waals surface area (Å²) in [6.45, 7) is 2.07. The van der Waals surface area contributed by atoms with Gasteiger partial charge in [-0.05, 0) is 65.5 Å². The van der Waals surface area contributed by atoms with Gasteiger partial charge >= 0.3 is 21.1 Å². The van der Waals surface area contributed by atoms with Crippen LogP contribution in [0.5, 0.6) is 11.5 Å². The Morgan fingerprint density at radius 1 is 0.700 bits per heavy atom. The van der Waals surface area contributed by atoms with Crippen LogP contribution in [-0.4, -0.2) is 34.1 Å². The molecule has 0 aliphatic carbocycles. The van der Waals surface area contributed by atoms with Crippen LogP contribution in [0.3, 0.4) is 0 Å². The maximum Gasteiger partial charge on any atom is 2.00 e. The third-order valence-corrected chi connectivity index (χ3v) is 8.47. The second-order valence-corrected chi connectivity index (χ2v) is 11.6. The summed E-state index contributed by atoms with van der Waals surface area (Å²) >= 11 is 0. The molecule has 5 heterocycles. The fourth-order valence-electron chi connectivity index (χ4n) is 6.31. The zero-order valence-corrected chi connectivity index (χ0v) is 29.0. The first-order valence-electron chi connectivity index (χ1n) is 15.9. The first kappa shape index (κ1) is 31.2. The fraction of sp³-hybridized carbons (Fsp3) is 0.0244. The van der Waals surface area contributed by atoms with Crippen LogP contribution in [0.15, 0.2) is 146 Å². The molecule has 0 saturated carbocycles. The fourth-order valence-corrected chi connectivity index (χ4v) is 6.31. The van der Waals surface area contributed by atoms with Gasteiger partial charge in [-0.25, -0.2) is 14.3 Å². The molecule has 0 unspecified atom stereocenters. The molecule has 0 N–H and O–H groups in total. The van der Waals surface area contributed by atoms with Crippen LogP contribution in [0.2, 0.25) is 0 Å². The van der Waals surface area contributed by atoms with E-state index in [1.165, 1.54) is 0 Å². The molecule has 242 valence electrons. The van der Waals surface area contributed by atoms with Crippen molar-refractivity contribution >= 4 is 21.8 Å². The van der Waals surface area contributed by atoms with E-state index in [-0.39, 0.29) is 21.1 Å². The molecular weight excluding hydrogens is 802 g/mol. The van der Waals surface area contributed by atoms with Crippen LogP contribution in [0.1, 0.15) is 5.56 Å². The molecule has 0 spiro atoms. The molecule has 0 aliphatic rings. The number of ether oxygens (including phenoxy) is 1. The molecule has 0 atom stereocenters. The molecule has 9 aromatic rings. The first-order chi connectivity index (χ1) is 24.2. The van der Waals surface area contributed by atoms with E-state index in [1.807, 2.05) is 101 Å². The molecule has 5 aromatic heterocycles. The summed E-state index contributed by atoms with van der Waals surface area (Å²) in [6.07, 6.45) is 9.10. The monoisotopic (exact) mass is 828 g/mol. The summed E-state index contributed by atoms with van der Waals surface area (Å²) in [6, 6.07) is 45.3. The Balaban J connectivity index is 0.00000361. The van der Waals surface area contributed by atoms with E-state index in [1.54, 1.807) is 12.4 Å². The standard InChI is InChI=1S/C41H27N7O.Pt/c1-28-19-22-43-38(24-28)47-36-16-6-5-15-34(36)35-18-17-33(26-37(35)47)49-32-14-7-13-31(25-32)48-41(46-23-9-21-44-46)39(29-10-3-2-4-11-29)40(45-48)30-12-8-20-42-27-30;/h2-24,27H,1H3;/q-2;+2. The van der Waals surface area contributed by atoms with Crippen molar-refractivity contribution in [2.45, 2.75) is 6.92 Å². The summed E-state index contributed by atoms with van der Waals surface area (Å²) < 4.78 is 12.3. The average molecular weight is 829 g/mol. The van der Waals surface area contributed by atoms with E-state index in [0.29, 0.717) is 17.2 Å². The van der Waals surface area contributed by atoms with Gasteiger partial charge in [0.1, 0.15) is 11.5 Å². The topological polar surface area (TPSA) is 75.6 Å². The SMILES string of the molecule is Cc1ccnc(-n2c3[c-]c(Oc4[c-]c(-n5nc(-c6cccnc6)c(-c6ccccc6)c5-n5cccn5)ccc4)ccc3c3ccccc32)c1.[Pt+2]. The molecule has 0 aliphatic heterocycles. The van der Waals surface area contributed by atoms with Crippen molar-refractivity contribution < 1.29 is 25.8 Å². The minimum absolute atomic E-state index is 0. The minimum Gasteiger partial charge on any atom is -0.509 e. The predicted octanol–water partition coefficient (Wildman–Crippen LogP) is 8.98. The van der Waals surface area contributed by atoms with Crippen LogP contribution >= 0.6 is 0 Å². The number of aromatic nitrogens is 7. The van der Waals surface area contributed by atoms with Crippen molar-refractivity contribution in [2.75, 3.05) is 0 Å². The molecule has 9 heteroatoms. The smallest absolute Gasteiger partial charge is 0.509 e. The zero-order chi connectivity index (χ0) is 32.7. The summed E-state index contributed by atoms with van der Waals surface area (Å²) in [5.41, 5.74) is 7.36. The van der Waals surface area contributed by atoms with Gasteiger partial charge in [-0.1, -0.05) is 54.0 Å². The Morgan fingerprint density at radius 3 is 2.36 bits per heavy atom. The van der Waals surface area contributed by atoms with Gasteiger partial charge in [0.2, 0.25) is 0 Å². The Kier molecular flexibility index (Phi) is 8.15. The Hall–Kier alpha value is -6.11. The van der Waals surface area contributed by atoms with Crippen LogP contribution < -0.4 is 4.74 Å². The van der Waals surface area contributed by atoms with Crippen molar-refractivity contribution in [3.05, 3.63) is 164 Å². The molecule has 0 bridgehead atoms. The van der Waals surface area contributed by atoms with E-state index in [9.17, 15) is 0 Å². The van der Waals surface area contributed by atoms with Gasteiger partial charge in [0.25, 0.3) is 0 Å². The number of benzene rings is 4. The van der Waals surface area contributed by atoms with Crippen molar-refractivity contribution in [1.82, 2.24) is 34.1 Å². The maximum absolute atomic E-state index is 6.48. The van der Waals surface area contributed by atoms with Gasteiger partial charge in [-0.15, -0.1) is 35.7 Å². The number of nitrogens with zero attached hydrogens (tertiary/aromatic N) is 7. The van der Waals surface area contributed by atoms with E-state index < -0.39 is 0 Å².